The van der Waals surface area contributed by atoms with Crippen LogP contribution in [0.25, 0.3) is 16.7 Å². The minimum Gasteiger partial charge on any atom is -0.337 e. The Balaban J connectivity index is 1.68. The van der Waals surface area contributed by atoms with E-state index in [0.717, 1.165) is 54.2 Å². The molecule has 1 unspecified atom stereocenters. The number of hydrogen-bond donors (Lipinski definition) is 2. The summed E-state index contributed by atoms with van der Waals surface area (Å²) in [6.07, 6.45) is 3.28. The van der Waals surface area contributed by atoms with Crippen LogP contribution >= 0.6 is 11.6 Å². The van der Waals surface area contributed by atoms with Gasteiger partial charge in [0.15, 0.2) is 0 Å². The topological polar surface area (TPSA) is 62.2 Å². The van der Waals surface area contributed by atoms with E-state index < -0.39 is 0 Å². The van der Waals surface area contributed by atoms with E-state index in [1.54, 1.807) is 0 Å². The van der Waals surface area contributed by atoms with E-state index in [9.17, 15) is 4.79 Å². The number of amides is 1. The van der Waals surface area contributed by atoms with Gasteiger partial charge in [-0.3, -0.25) is 4.79 Å². The van der Waals surface area contributed by atoms with Crippen LogP contribution in [0.4, 0.5) is 5.95 Å². The fraction of sp³-hybridized carbons (Fsp3) is 0.400. The van der Waals surface area contributed by atoms with Gasteiger partial charge in [0, 0.05) is 36.4 Å². The first kappa shape index (κ1) is 27.0. The van der Waals surface area contributed by atoms with Crippen LogP contribution in [-0.4, -0.2) is 39.5 Å². The number of imidazole rings is 1. The number of piperidine rings is 1. The first-order valence-corrected chi connectivity index (χ1v) is 13.3. The van der Waals surface area contributed by atoms with Crippen LogP contribution in [0.3, 0.4) is 0 Å². The van der Waals surface area contributed by atoms with Gasteiger partial charge in [0.25, 0.3) is 0 Å². The molecule has 0 saturated carbocycles. The Morgan fingerprint density at radius 3 is 2.65 bits per heavy atom. The molecule has 1 fully saturated rings. The van der Waals surface area contributed by atoms with Crippen LogP contribution in [0.5, 0.6) is 0 Å². The van der Waals surface area contributed by atoms with E-state index in [1.165, 1.54) is 11.6 Å². The molecule has 0 bridgehead atoms. The van der Waals surface area contributed by atoms with Gasteiger partial charge in [-0.25, -0.2) is 4.98 Å². The molecule has 1 amide bonds. The maximum Gasteiger partial charge on any atom is 0.246 e. The normalized spacial score (nSPS) is 17.0. The van der Waals surface area contributed by atoms with Crippen molar-refractivity contribution in [2.75, 3.05) is 18.4 Å². The van der Waals surface area contributed by atoms with E-state index in [0.29, 0.717) is 17.6 Å². The summed E-state index contributed by atoms with van der Waals surface area (Å²) in [5.41, 5.74) is 5.00. The first-order valence-electron chi connectivity index (χ1n) is 12.9. The molecule has 2 N–H and O–H groups in total. The minimum atomic E-state index is -0.0319. The minimum absolute atomic E-state index is 0.0319. The van der Waals surface area contributed by atoms with Crippen molar-refractivity contribution < 1.29 is 4.79 Å². The standard InChI is InChI=1S/C30H38ClN5O/c1-7-28(37)35-16-8-9-25(19-35)36-27-15-10-22(18-32-21(3)30(4,5)6)17-26(27)34-29(36)33-20(2)23-11-13-24(31)14-12-23/h7,10-15,17,21,25,32H,1-2,8-9,16,18-19H2,3-6H3,(H,33,34)/t21-,25?/m0/s1. The fourth-order valence-corrected chi connectivity index (χ4v) is 4.77. The highest BCUT2D eigenvalue weighted by Crippen LogP contribution is 2.32. The lowest BCUT2D eigenvalue weighted by Gasteiger charge is -2.34. The van der Waals surface area contributed by atoms with E-state index in [1.807, 2.05) is 29.2 Å². The smallest absolute Gasteiger partial charge is 0.246 e. The lowest BCUT2D eigenvalue weighted by Crippen LogP contribution is -2.40. The molecule has 2 heterocycles. The summed E-state index contributed by atoms with van der Waals surface area (Å²) in [4.78, 5) is 19.3. The number of anilines is 1. The number of carbonyl (C=O) groups excluding carboxylic acids is 1. The van der Waals surface area contributed by atoms with Crippen LogP contribution in [0, 0.1) is 5.41 Å². The molecule has 2 atom stereocenters. The quantitative estimate of drug-likeness (QED) is 0.327. The molecule has 0 aliphatic carbocycles. The zero-order valence-corrected chi connectivity index (χ0v) is 23.1. The number of aromatic nitrogens is 2. The zero-order chi connectivity index (χ0) is 26.7. The Labute approximate surface area is 225 Å². The summed E-state index contributed by atoms with van der Waals surface area (Å²) >= 11 is 6.08. The summed E-state index contributed by atoms with van der Waals surface area (Å²) in [7, 11) is 0. The Bertz CT molecular complexity index is 1290. The van der Waals surface area contributed by atoms with Gasteiger partial charge in [-0.05, 0) is 66.6 Å². The number of nitrogens with zero attached hydrogens (tertiary/aromatic N) is 3. The third-order valence-corrected chi connectivity index (χ3v) is 7.62. The lowest BCUT2D eigenvalue weighted by molar-refractivity contribution is -0.127. The summed E-state index contributed by atoms with van der Waals surface area (Å²) in [6, 6.07) is 14.5. The number of likely N-dealkylation sites (tertiary alicyclic amines) is 1. The molecule has 37 heavy (non-hydrogen) atoms. The van der Waals surface area contributed by atoms with Crippen molar-refractivity contribution in [3.05, 3.63) is 77.8 Å². The Hall–Kier alpha value is -3.09. The van der Waals surface area contributed by atoms with Crippen LogP contribution in [0.2, 0.25) is 5.02 Å². The molecular weight excluding hydrogens is 482 g/mol. The molecule has 4 rings (SSSR count). The van der Waals surface area contributed by atoms with Gasteiger partial charge in [-0.2, -0.15) is 0 Å². The van der Waals surface area contributed by atoms with Crippen LogP contribution in [-0.2, 0) is 11.3 Å². The number of rotatable bonds is 8. The lowest BCUT2D eigenvalue weighted by atomic mass is 9.88. The maximum absolute atomic E-state index is 12.4. The summed E-state index contributed by atoms with van der Waals surface area (Å²) in [5.74, 6) is 0.691. The van der Waals surface area contributed by atoms with Crippen molar-refractivity contribution in [2.24, 2.45) is 5.41 Å². The molecule has 3 aromatic rings. The van der Waals surface area contributed by atoms with Gasteiger partial charge < -0.3 is 20.1 Å². The highest BCUT2D eigenvalue weighted by Gasteiger charge is 2.27. The van der Waals surface area contributed by atoms with Crippen molar-refractivity contribution in [3.63, 3.8) is 0 Å². The van der Waals surface area contributed by atoms with Crippen molar-refractivity contribution >= 4 is 40.2 Å². The second-order valence-electron chi connectivity index (χ2n) is 11.0. The van der Waals surface area contributed by atoms with E-state index >= 15 is 0 Å². The van der Waals surface area contributed by atoms with Crippen LogP contribution < -0.4 is 10.6 Å². The number of hydrogen-bond acceptors (Lipinski definition) is 4. The molecule has 1 aliphatic rings. The predicted molar refractivity (Wildman–Crippen MR) is 155 cm³/mol. The molecule has 1 aliphatic heterocycles. The van der Waals surface area contributed by atoms with Gasteiger partial charge in [-0.15, -0.1) is 0 Å². The zero-order valence-electron chi connectivity index (χ0n) is 22.4. The SMILES string of the molecule is C=CC(=O)N1CCCC(n2c(NC(=C)c3ccc(Cl)cc3)nc3cc(CN[C@@H](C)C(C)(C)C)ccc32)C1. The van der Waals surface area contributed by atoms with Crippen molar-refractivity contribution in [3.8, 4) is 0 Å². The monoisotopic (exact) mass is 519 g/mol. The largest absolute Gasteiger partial charge is 0.337 e. The van der Waals surface area contributed by atoms with Gasteiger partial charge >= 0.3 is 0 Å². The third-order valence-electron chi connectivity index (χ3n) is 7.37. The van der Waals surface area contributed by atoms with Crippen LogP contribution in [0.1, 0.15) is 57.7 Å². The maximum atomic E-state index is 12.4. The molecule has 1 aromatic heterocycles. The Kier molecular flexibility index (Phi) is 8.10. The highest BCUT2D eigenvalue weighted by molar-refractivity contribution is 6.30. The molecule has 1 saturated heterocycles. The molecule has 6 nitrogen and oxygen atoms in total. The van der Waals surface area contributed by atoms with Crippen molar-refractivity contribution in [1.82, 2.24) is 19.8 Å². The third kappa shape index (κ3) is 6.25. The molecule has 2 aromatic carbocycles. The predicted octanol–water partition coefficient (Wildman–Crippen LogP) is 6.65. The summed E-state index contributed by atoms with van der Waals surface area (Å²) in [6.45, 7) is 19.0. The number of nitrogens with one attached hydrogen (secondary N) is 2. The first-order chi connectivity index (χ1) is 17.6. The molecule has 0 spiro atoms. The van der Waals surface area contributed by atoms with E-state index in [-0.39, 0.29) is 17.4 Å². The van der Waals surface area contributed by atoms with Crippen molar-refractivity contribution in [1.29, 1.82) is 0 Å². The average molecular weight is 520 g/mol. The molecule has 0 radical (unpaired) electrons. The van der Waals surface area contributed by atoms with E-state index in [4.69, 9.17) is 16.6 Å². The van der Waals surface area contributed by atoms with Gasteiger partial charge in [-0.1, -0.05) is 63.7 Å². The second kappa shape index (κ2) is 11.1. The molecular formula is C30H38ClN5O. The Morgan fingerprint density at radius 2 is 1.97 bits per heavy atom. The van der Waals surface area contributed by atoms with Gasteiger partial charge in [0.05, 0.1) is 17.1 Å². The number of carbonyl (C=O) groups is 1. The van der Waals surface area contributed by atoms with Crippen molar-refractivity contribution in [2.45, 2.75) is 59.2 Å². The average Bonchev–Trinajstić information content (AvgIpc) is 3.23. The van der Waals surface area contributed by atoms with E-state index in [2.05, 4.69) is 74.3 Å². The van der Waals surface area contributed by atoms with Gasteiger partial charge in [0.2, 0.25) is 11.9 Å². The second-order valence-corrected chi connectivity index (χ2v) is 11.4. The fourth-order valence-electron chi connectivity index (χ4n) is 4.64. The molecule has 7 heteroatoms. The highest BCUT2D eigenvalue weighted by atomic mass is 35.5. The number of fused-ring (bicyclic) bond motifs is 1. The molecule has 196 valence electrons. The number of benzene rings is 2. The Morgan fingerprint density at radius 1 is 1.24 bits per heavy atom. The summed E-state index contributed by atoms with van der Waals surface area (Å²) < 4.78 is 2.23. The van der Waals surface area contributed by atoms with Crippen LogP contribution in [0.15, 0.2) is 61.7 Å². The summed E-state index contributed by atoms with van der Waals surface area (Å²) in [5, 5.41) is 7.78. The number of halogens is 1. The van der Waals surface area contributed by atoms with Gasteiger partial charge in [0.1, 0.15) is 0 Å².